The van der Waals surface area contributed by atoms with Gasteiger partial charge in [-0.1, -0.05) is 36.4 Å². The van der Waals surface area contributed by atoms with Gasteiger partial charge in [-0.25, -0.2) is 0 Å². The lowest BCUT2D eigenvalue weighted by Gasteiger charge is -2.24. The summed E-state index contributed by atoms with van der Waals surface area (Å²) in [7, 11) is 0. The minimum Gasteiger partial charge on any atom is -0.334 e. The third kappa shape index (κ3) is 4.29. The molecule has 3 rings (SSSR count). The Bertz CT molecular complexity index is 761. The van der Waals surface area contributed by atoms with Crippen LogP contribution in [0.25, 0.3) is 0 Å². The lowest BCUT2D eigenvalue weighted by atomic mass is 10.1. The van der Waals surface area contributed by atoms with Gasteiger partial charge >= 0.3 is 0 Å². The van der Waals surface area contributed by atoms with Crippen LogP contribution in [0.1, 0.15) is 35.2 Å². The Hall–Kier alpha value is -2.66. The summed E-state index contributed by atoms with van der Waals surface area (Å²) in [4.78, 5) is 28.7. The fourth-order valence-corrected chi connectivity index (χ4v) is 3.25. The first-order valence-electron chi connectivity index (χ1n) is 9.13. The number of benzene rings is 2. The Kier molecular flexibility index (Phi) is 6.02. The van der Waals surface area contributed by atoms with Gasteiger partial charge in [0.25, 0.3) is 5.91 Å². The largest absolute Gasteiger partial charge is 0.334 e. The fraction of sp³-hybridized carbons (Fsp3) is 0.333. The van der Waals surface area contributed by atoms with Gasteiger partial charge in [-0.05, 0) is 43.1 Å². The number of anilines is 1. The number of carbonyl (C=O) groups is 2. The van der Waals surface area contributed by atoms with E-state index in [0.717, 1.165) is 30.6 Å². The monoisotopic (exact) mass is 351 g/mol. The molecule has 5 heteroatoms. The standard InChI is InChI=1S/C21H25N3O2/c22-12-6-13-23(16-17-7-2-1-3-8-17)21(26)18-9-4-10-19(15-18)24-14-5-11-20(24)25/h1-4,7-10,15H,5-6,11-14,16,22H2. The number of hydrogen-bond donors (Lipinski definition) is 1. The van der Waals surface area contributed by atoms with E-state index in [1.807, 2.05) is 59.5 Å². The topological polar surface area (TPSA) is 66.6 Å². The Labute approximate surface area is 154 Å². The molecule has 0 aromatic heterocycles. The molecule has 1 aliphatic heterocycles. The molecule has 1 fully saturated rings. The predicted octanol–water partition coefficient (Wildman–Crippen LogP) is 2.80. The molecule has 0 atom stereocenters. The van der Waals surface area contributed by atoms with E-state index < -0.39 is 0 Å². The molecule has 1 saturated heterocycles. The second-order valence-corrected chi connectivity index (χ2v) is 6.55. The van der Waals surface area contributed by atoms with Gasteiger partial charge in [0.15, 0.2) is 0 Å². The van der Waals surface area contributed by atoms with E-state index in [2.05, 4.69) is 0 Å². The Balaban J connectivity index is 1.80. The van der Waals surface area contributed by atoms with Crippen molar-refractivity contribution < 1.29 is 9.59 Å². The van der Waals surface area contributed by atoms with Crippen molar-refractivity contribution in [2.24, 2.45) is 5.73 Å². The van der Waals surface area contributed by atoms with Gasteiger partial charge in [0.1, 0.15) is 0 Å². The number of amides is 2. The molecule has 0 unspecified atom stereocenters. The second-order valence-electron chi connectivity index (χ2n) is 6.55. The lowest BCUT2D eigenvalue weighted by molar-refractivity contribution is -0.117. The van der Waals surface area contributed by atoms with E-state index >= 15 is 0 Å². The number of nitrogens with zero attached hydrogens (tertiary/aromatic N) is 2. The highest BCUT2D eigenvalue weighted by atomic mass is 16.2. The molecule has 1 heterocycles. The van der Waals surface area contributed by atoms with Gasteiger partial charge in [0.05, 0.1) is 0 Å². The Morgan fingerprint density at radius 2 is 1.92 bits per heavy atom. The zero-order valence-electron chi connectivity index (χ0n) is 14.9. The Morgan fingerprint density at radius 3 is 2.62 bits per heavy atom. The van der Waals surface area contributed by atoms with Crippen LogP contribution in [0.15, 0.2) is 54.6 Å². The number of rotatable bonds is 7. The van der Waals surface area contributed by atoms with Crippen molar-refractivity contribution in [3.8, 4) is 0 Å². The van der Waals surface area contributed by atoms with Gasteiger partial charge in [-0.15, -0.1) is 0 Å². The molecular weight excluding hydrogens is 326 g/mol. The molecule has 0 spiro atoms. The van der Waals surface area contributed by atoms with Gasteiger partial charge in [0, 0.05) is 37.3 Å². The van der Waals surface area contributed by atoms with Crippen molar-refractivity contribution in [1.82, 2.24) is 4.90 Å². The van der Waals surface area contributed by atoms with Crippen LogP contribution >= 0.6 is 0 Å². The molecule has 2 amide bonds. The van der Waals surface area contributed by atoms with Crippen LogP contribution in [-0.4, -0.2) is 36.3 Å². The van der Waals surface area contributed by atoms with Gasteiger partial charge < -0.3 is 15.5 Å². The first-order chi connectivity index (χ1) is 12.7. The summed E-state index contributed by atoms with van der Waals surface area (Å²) in [6.07, 6.45) is 2.20. The molecule has 0 saturated carbocycles. The van der Waals surface area contributed by atoms with Crippen molar-refractivity contribution in [1.29, 1.82) is 0 Å². The fourth-order valence-electron chi connectivity index (χ4n) is 3.25. The summed E-state index contributed by atoms with van der Waals surface area (Å²) in [5.41, 5.74) is 8.15. The number of nitrogens with two attached hydrogens (primary N) is 1. The van der Waals surface area contributed by atoms with Crippen LogP contribution in [0.5, 0.6) is 0 Å². The minimum absolute atomic E-state index is 0.0317. The van der Waals surface area contributed by atoms with E-state index in [1.165, 1.54) is 0 Å². The molecule has 5 nitrogen and oxygen atoms in total. The summed E-state index contributed by atoms with van der Waals surface area (Å²) in [6, 6.07) is 17.3. The normalized spacial score (nSPS) is 13.9. The van der Waals surface area contributed by atoms with E-state index in [9.17, 15) is 9.59 Å². The van der Waals surface area contributed by atoms with Crippen molar-refractivity contribution >= 4 is 17.5 Å². The van der Waals surface area contributed by atoms with E-state index in [1.54, 1.807) is 4.90 Å². The molecule has 0 radical (unpaired) electrons. The van der Waals surface area contributed by atoms with Crippen molar-refractivity contribution in [2.45, 2.75) is 25.8 Å². The smallest absolute Gasteiger partial charge is 0.254 e. The van der Waals surface area contributed by atoms with Gasteiger partial charge in [0.2, 0.25) is 5.91 Å². The van der Waals surface area contributed by atoms with E-state index in [0.29, 0.717) is 31.6 Å². The quantitative estimate of drug-likeness (QED) is 0.834. The minimum atomic E-state index is -0.0317. The summed E-state index contributed by atoms with van der Waals surface area (Å²) in [5.74, 6) is 0.0923. The summed E-state index contributed by atoms with van der Waals surface area (Å²) in [5, 5.41) is 0. The third-order valence-corrected chi connectivity index (χ3v) is 4.61. The van der Waals surface area contributed by atoms with Crippen LogP contribution in [0.4, 0.5) is 5.69 Å². The first kappa shape index (κ1) is 18.1. The Morgan fingerprint density at radius 1 is 1.12 bits per heavy atom. The average Bonchev–Trinajstić information content (AvgIpc) is 3.11. The van der Waals surface area contributed by atoms with Crippen LogP contribution in [0.3, 0.4) is 0 Å². The summed E-state index contributed by atoms with van der Waals surface area (Å²) >= 11 is 0. The zero-order chi connectivity index (χ0) is 18.4. The maximum absolute atomic E-state index is 13.1. The zero-order valence-corrected chi connectivity index (χ0v) is 14.9. The maximum atomic E-state index is 13.1. The van der Waals surface area contributed by atoms with E-state index in [-0.39, 0.29) is 11.8 Å². The first-order valence-corrected chi connectivity index (χ1v) is 9.13. The van der Waals surface area contributed by atoms with Gasteiger partial charge in [-0.3, -0.25) is 9.59 Å². The van der Waals surface area contributed by atoms with Crippen LogP contribution in [0, 0.1) is 0 Å². The molecule has 2 aromatic rings. The SMILES string of the molecule is NCCCN(Cc1ccccc1)C(=O)c1cccc(N2CCCC2=O)c1. The maximum Gasteiger partial charge on any atom is 0.254 e. The average molecular weight is 351 g/mol. The molecule has 1 aliphatic rings. The molecular formula is C21H25N3O2. The summed E-state index contributed by atoms with van der Waals surface area (Å²) < 4.78 is 0. The lowest BCUT2D eigenvalue weighted by Crippen LogP contribution is -2.33. The van der Waals surface area contributed by atoms with Gasteiger partial charge in [-0.2, -0.15) is 0 Å². The predicted molar refractivity (Wildman–Crippen MR) is 103 cm³/mol. The van der Waals surface area contributed by atoms with Crippen molar-refractivity contribution in [3.63, 3.8) is 0 Å². The van der Waals surface area contributed by atoms with Crippen molar-refractivity contribution in [3.05, 3.63) is 65.7 Å². The molecule has 26 heavy (non-hydrogen) atoms. The highest BCUT2D eigenvalue weighted by Crippen LogP contribution is 2.23. The molecule has 2 aromatic carbocycles. The second kappa shape index (κ2) is 8.63. The summed E-state index contributed by atoms with van der Waals surface area (Å²) in [6.45, 7) is 2.42. The third-order valence-electron chi connectivity index (χ3n) is 4.61. The molecule has 2 N–H and O–H groups in total. The molecule has 136 valence electrons. The van der Waals surface area contributed by atoms with Crippen molar-refractivity contribution in [2.75, 3.05) is 24.5 Å². The number of hydrogen-bond acceptors (Lipinski definition) is 3. The molecule has 0 bridgehead atoms. The van der Waals surface area contributed by atoms with Crippen LogP contribution in [-0.2, 0) is 11.3 Å². The van der Waals surface area contributed by atoms with Crippen LogP contribution < -0.4 is 10.6 Å². The van der Waals surface area contributed by atoms with Crippen LogP contribution in [0.2, 0.25) is 0 Å². The highest BCUT2D eigenvalue weighted by molar-refractivity contribution is 5.99. The molecule has 0 aliphatic carbocycles. The van der Waals surface area contributed by atoms with E-state index in [4.69, 9.17) is 5.73 Å². The number of carbonyl (C=O) groups excluding carboxylic acids is 2. The highest BCUT2D eigenvalue weighted by Gasteiger charge is 2.23.